The van der Waals surface area contributed by atoms with Gasteiger partial charge in [-0.1, -0.05) is 11.6 Å². The van der Waals surface area contributed by atoms with Crippen molar-refractivity contribution in [1.29, 1.82) is 0 Å². The molecule has 1 N–H and O–H groups in total. The normalized spacial score (nSPS) is 12.1. The number of hydrogen-bond acceptors (Lipinski definition) is 3. The number of aromatic nitrogens is 2. The van der Waals surface area contributed by atoms with E-state index < -0.39 is 52.3 Å². The molecule has 2 heterocycles. The van der Waals surface area contributed by atoms with Crippen molar-refractivity contribution < 1.29 is 31.1 Å². The molecule has 0 spiro atoms. The van der Waals surface area contributed by atoms with Crippen LogP contribution in [0.15, 0.2) is 35.4 Å². The van der Waals surface area contributed by atoms with Crippen LogP contribution in [0.25, 0.3) is 0 Å². The molecule has 0 saturated carbocycles. The number of anilines is 1. The van der Waals surface area contributed by atoms with E-state index in [1.54, 1.807) is 0 Å². The highest BCUT2D eigenvalue weighted by Crippen LogP contribution is 2.32. The van der Waals surface area contributed by atoms with E-state index in [9.17, 15) is 35.9 Å². The predicted molar refractivity (Wildman–Crippen MR) is 78.6 cm³/mol. The largest absolute Gasteiger partial charge is 0.417 e. The topological polar surface area (TPSA) is 64.0 Å². The highest BCUT2D eigenvalue weighted by atomic mass is 35.5. The van der Waals surface area contributed by atoms with E-state index in [-0.39, 0.29) is 0 Å². The number of rotatable bonds is 3. The van der Waals surface area contributed by atoms with E-state index in [2.05, 4.69) is 4.98 Å². The van der Waals surface area contributed by atoms with Crippen LogP contribution < -0.4 is 10.9 Å². The van der Waals surface area contributed by atoms with Crippen molar-refractivity contribution in [2.24, 2.45) is 0 Å². The molecule has 0 atom stereocenters. The number of amides is 1. The summed E-state index contributed by atoms with van der Waals surface area (Å²) in [6, 6.07) is 1.73. The van der Waals surface area contributed by atoms with Crippen LogP contribution in [0.1, 0.15) is 11.1 Å². The average Bonchev–Trinajstić information content (AvgIpc) is 2.49. The molecule has 2 aromatic rings. The highest BCUT2D eigenvalue weighted by Gasteiger charge is 2.32. The number of halogens is 7. The zero-order valence-corrected chi connectivity index (χ0v) is 13.2. The molecule has 2 aromatic heterocycles. The monoisotopic (exact) mass is 399 g/mol. The fourth-order valence-corrected chi connectivity index (χ4v) is 2.05. The Morgan fingerprint density at radius 3 is 2.27 bits per heavy atom. The van der Waals surface area contributed by atoms with Crippen LogP contribution in [-0.4, -0.2) is 15.5 Å². The summed E-state index contributed by atoms with van der Waals surface area (Å²) in [5, 5.41) is 1.51. The van der Waals surface area contributed by atoms with Crippen LogP contribution in [-0.2, 0) is 23.7 Å². The third-order valence-corrected chi connectivity index (χ3v) is 3.34. The zero-order chi connectivity index (χ0) is 19.7. The van der Waals surface area contributed by atoms with Crippen LogP contribution in [0.5, 0.6) is 0 Å². The zero-order valence-electron chi connectivity index (χ0n) is 12.5. The smallest absolute Gasteiger partial charge is 0.308 e. The Kier molecular flexibility index (Phi) is 5.31. The minimum Gasteiger partial charge on any atom is -0.308 e. The number of alkyl halides is 6. The third-order valence-electron chi connectivity index (χ3n) is 3.05. The van der Waals surface area contributed by atoms with Crippen LogP contribution in [0.3, 0.4) is 0 Å². The molecule has 0 aromatic carbocycles. The molecule has 0 fully saturated rings. The predicted octanol–water partition coefficient (Wildman–Crippen LogP) is 3.57. The van der Waals surface area contributed by atoms with Crippen LogP contribution in [0.2, 0.25) is 5.02 Å². The quantitative estimate of drug-likeness (QED) is 0.803. The van der Waals surface area contributed by atoms with Gasteiger partial charge < -0.3 is 9.88 Å². The van der Waals surface area contributed by atoms with Crippen LogP contribution in [0.4, 0.5) is 32.2 Å². The Balaban J connectivity index is 2.18. The summed E-state index contributed by atoms with van der Waals surface area (Å²) < 4.78 is 75.9. The third kappa shape index (κ3) is 4.75. The van der Waals surface area contributed by atoms with Crippen LogP contribution in [0, 0.1) is 0 Å². The average molecular weight is 400 g/mol. The van der Waals surface area contributed by atoms with Crippen molar-refractivity contribution in [2.75, 3.05) is 5.32 Å². The van der Waals surface area contributed by atoms with Gasteiger partial charge in [-0.05, 0) is 12.1 Å². The fourth-order valence-electron chi connectivity index (χ4n) is 1.83. The number of hydrogen-bond donors (Lipinski definition) is 1. The highest BCUT2D eigenvalue weighted by molar-refractivity contribution is 6.33. The summed E-state index contributed by atoms with van der Waals surface area (Å²) >= 11 is 5.60. The Hall–Kier alpha value is -2.56. The molecule has 0 saturated heterocycles. The fraction of sp³-hybridized carbons (Fsp3) is 0.214. The molecular formula is C14H8ClF6N3O2. The van der Waals surface area contributed by atoms with Gasteiger partial charge in [0.15, 0.2) is 5.82 Å². The number of carbonyl (C=O) groups excluding carboxylic acids is 1. The second-order valence-electron chi connectivity index (χ2n) is 4.98. The van der Waals surface area contributed by atoms with Crippen molar-refractivity contribution >= 4 is 23.3 Å². The first-order chi connectivity index (χ1) is 11.9. The first kappa shape index (κ1) is 19.8. The van der Waals surface area contributed by atoms with Gasteiger partial charge in [-0.25, -0.2) is 4.98 Å². The van der Waals surface area contributed by atoms with E-state index in [4.69, 9.17) is 11.6 Å². The van der Waals surface area contributed by atoms with Gasteiger partial charge in [0.05, 0.1) is 16.1 Å². The maximum Gasteiger partial charge on any atom is 0.417 e. The lowest BCUT2D eigenvalue weighted by molar-refractivity contribution is -0.138. The molecule has 140 valence electrons. The molecule has 0 aliphatic heterocycles. The number of pyridine rings is 2. The summed E-state index contributed by atoms with van der Waals surface area (Å²) in [6.07, 6.45) is -8.53. The first-order valence-corrected chi connectivity index (χ1v) is 7.06. The van der Waals surface area contributed by atoms with E-state index in [0.29, 0.717) is 35.2 Å². The van der Waals surface area contributed by atoms with Gasteiger partial charge in [0.2, 0.25) is 5.91 Å². The van der Waals surface area contributed by atoms with Gasteiger partial charge in [-0.15, -0.1) is 0 Å². The molecule has 0 bridgehead atoms. The van der Waals surface area contributed by atoms with E-state index in [0.717, 1.165) is 0 Å². The van der Waals surface area contributed by atoms with Crippen molar-refractivity contribution in [1.82, 2.24) is 9.55 Å². The van der Waals surface area contributed by atoms with E-state index >= 15 is 0 Å². The van der Waals surface area contributed by atoms with Crippen molar-refractivity contribution in [3.05, 3.63) is 57.1 Å². The first-order valence-electron chi connectivity index (χ1n) is 6.68. The van der Waals surface area contributed by atoms with E-state index in [1.807, 2.05) is 5.32 Å². The van der Waals surface area contributed by atoms with E-state index in [1.165, 1.54) is 0 Å². The molecule has 12 heteroatoms. The molecular weight excluding hydrogens is 392 g/mol. The van der Waals surface area contributed by atoms with Crippen molar-refractivity contribution in [3.8, 4) is 0 Å². The Morgan fingerprint density at radius 2 is 1.73 bits per heavy atom. The van der Waals surface area contributed by atoms with Crippen LogP contribution >= 0.6 is 11.6 Å². The van der Waals surface area contributed by atoms with Gasteiger partial charge in [0.25, 0.3) is 5.56 Å². The standard InChI is InChI=1S/C14H8ClF6N3O2/c15-9-3-8(14(19,20)21)4-22-12(9)23-10(25)6-24-5-7(13(16,17)18)1-2-11(24)26/h1-5H,6H2,(H,22,23,25). The maximum atomic E-state index is 12.6. The van der Waals surface area contributed by atoms with Crippen molar-refractivity contribution in [2.45, 2.75) is 18.9 Å². The van der Waals surface area contributed by atoms with Gasteiger partial charge in [-0.3, -0.25) is 9.59 Å². The molecule has 0 radical (unpaired) electrons. The lowest BCUT2D eigenvalue weighted by atomic mass is 10.2. The minimum absolute atomic E-state index is 0.426. The SMILES string of the molecule is O=C(Cn1cc(C(F)(F)F)ccc1=O)Nc1ncc(C(F)(F)F)cc1Cl. The Labute approximate surface area is 146 Å². The lowest BCUT2D eigenvalue weighted by Gasteiger charge is -2.12. The number of nitrogens with one attached hydrogen (secondary N) is 1. The van der Waals surface area contributed by atoms with Gasteiger partial charge in [0, 0.05) is 18.5 Å². The molecule has 5 nitrogen and oxygen atoms in total. The minimum atomic E-state index is -4.72. The lowest BCUT2D eigenvalue weighted by Crippen LogP contribution is -2.28. The Morgan fingerprint density at radius 1 is 1.12 bits per heavy atom. The molecule has 2 rings (SSSR count). The van der Waals surface area contributed by atoms with Gasteiger partial charge in [0.1, 0.15) is 6.54 Å². The number of carbonyl (C=O) groups is 1. The maximum absolute atomic E-state index is 12.6. The van der Waals surface area contributed by atoms with Gasteiger partial charge in [-0.2, -0.15) is 26.3 Å². The summed E-state index contributed by atoms with van der Waals surface area (Å²) in [4.78, 5) is 26.8. The number of nitrogens with zero attached hydrogens (tertiary/aromatic N) is 2. The molecule has 26 heavy (non-hydrogen) atoms. The summed E-state index contributed by atoms with van der Waals surface area (Å²) in [5.41, 5.74) is -3.16. The molecule has 0 unspecified atom stereocenters. The molecule has 0 aliphatic carbocycles. The Bertz CT molecular complexity index is 891. The second-order valence-corrected chi connectivity index (χ2v) is 5.39. The summed E-state index contributed by atoms with van der Waals surface area (Å²) in [5.74, 6) is -1.43. The van der Waals surface area contributed by atoms with Crippen molar-refractivity contribution in [3.63, 3.8) is 0 Å². The summed E-state index contributed by atoms with van der Waals surface area (Å²) in [7, 11) is 0. The second kappa shape index (κ2) is 6.98. The summed E-state index contributed by atoms with van der Waals surface area (Å²) in [6.45, 7) is -0.818. The molecule has 1 amide bonds. The van der Waals surface area contributed by atoms with Gasteiger partial charge >= 0.3 is 12.4 Å². The molecule has 0 aliphatic rings.